The zero-order valence-electron chi connectivity index (χ0n) is 15.2. The summed E-state index contributed by atoms with van der Waals surface area (Å²) in [7, 11) is -6.07. The Balaban J connectivity index is 2.31. The van der Waals surface area contributed by atoms with E-state index in [1.165, 1.54) is 19.2 Å². The van der Waals surface area contributed by atoms with Crippen LogP contribution in [0.25, 0.3) is 4.91 Å². The third kappa shape index (κ3) is 3.05. The van der Waals surface area contributed by atoms with Gasteiger partial charge in [-0.3, -0.25) is 9.29 Å². The first kappa shape index (κ1) is 19.9. The highest BCUT2D eigenvalue weighted by Gasteiger charge is 2.45. The number of sulfonamides is 1. The maximum atomic E-state index is 13.3. The molecule has 0 fully saturated rings. The van der Waals surface area contributed by atoms with Crippen LogP contribution in [0.1, 0.15) is 30.7 Å². The Morgan fingerprint density at radius 3 is 2.48 bits per heavy atom. The minimum absolute atomic E-state index is 0.0201. The number of pyridine rings is 1. The molecule has 0 saturated carbocycles. The fourth-order valence-electron chi connectivity index (χ4n) is 2.89. The molecule has 143 valence electrons. The van der Waals surface area contributed by atoms with E-state index in [-0.39, 0.29) is 21.2 Å². The number of hydrogen-bond donors (Lipinski definition) is 0. The summed E-state index contributed by atoms with van der Waals surface area (Å²) in [6, 6.07) is 7.99. The molecule has 1 aromatic carbocycles. The van der Waals surface area contributed by atoms with Crippen LogP contribution in [0.5, 0.6) is 0 Å². The molecular weight excluding hydrogens is 408 g/mol. The topological polar surface area (TPSA) is 84.4 Å². The first-order chi connectivity index (χ1) is 12.4. The van der Waals surface area contributed by atoms with Crippen molar-refractivity contribution < 1.29 is 16.8 Å². The smallest absolute Gasteiger partial charge is 0.232 e. The van der Waals surface area contributed by atoms with Crippen LogP contribution in [0.2, 0.25) is 5.02 Å². The Labute approximate surface area is 164 Å². The molecule has 1 aliphatic heterocycles. The summed E-state index contributed by atoms with van der Waals surface area (Å²) < 4.78 is 50.2. The molecule has 9 heteroatoms. The largest absolute Gasteiger partial charge is 0.272 e. The molecule has 2 heterocycles. The van der Waals surface area contributed by atoms with Crippen LogP contribution in [-0.2, 0) is 24.6 Å². The van der Waals surface area contributed by atoms with E-state index in [1.54, 1.807) is 38.2 Å². The number of sulfone groups is 1. The Kier molecular flexibility index (Phi) is 4.65. The molecule has 1 aromatic heterocycles. The maximum Gasteiger partial charge on any atom is 0.232 e. The Bertz CT molecular complexity index is 1170. The van der Waals surface area contributed by atoms with Crippen molar-refractivity contribution in [2.24, 2.45) is 0 Å². The second kappa shape index (κ2) is 6.32. The summed E-state index contributed by atoms with van der Waals surface area (Å²) in [6.07, 6.45) is 5.48. The predicted molar refractivity (Wildman–Crippen MR) is 107 cm³/mol. The quantitative estimate of drug-likeness (QED) is 0.754. The lowest BCUT2D eigenvalue weighted by atomic mass is 9.99. The average Bonchev–Trinajstić information content (AvgIpc) is 2.58. The molecule has 0 amide bonds. The number of aromatic nitrogens is 1. The summed E-state index contributed by atoms with van der Waals surface area (Å²) in [5.74, 6) is 0. The van der Waals surface area contributed by atoms with Gasteiger partial charge in [0.25, 0.3) is 0 Å². The summed E-state index contributed by atoms with van der Waals surface area (Å²) in [5, 5.41) is 0.0201. The van der Waals surface area contributed by atoms with Gasteiger partial charge in [0.15, 0.2) is 9.84 Å². The predicted octanol–water partition coefficient (Wildman–Crippen LogP) is 2.99. The summed E-state index contributed by atoms with van der Waals surface area (Å²) in [5.41, 5.74) is 1.35. The van der Waals surface area contributed by atoms with Gasteiger partial charge in [0.05, 0.1) is 32.3 Å². The lowest BCUT2D eigenvalue weighted by molar-refractivity contribution is 0.563. The number of nitrogens with zero attached hydrogens (tertiary/aromatic N) is 2. The molecule has 0 atom stereocenters. The van der Waals surface area contributed by atoms with Gasteiger partial charge in [-0.15, -0.1) is 0 Å². The van der Waals surface area contributed by atoms with Crippen LogP contribution in [-0.4, -0.2) is 35.1 Å². The summed E-state index contributed by atoms with van der Waals surface area (Å²) in [4.78, 5) is 4.13. The van der Waals surface area contributed by atoms with E-state index >= 15 is 0 Å². The molecule has 0 spiro atoms. The third-order valence-electron chi connectivity index (χ3n) is 4.69. The standard InChI is InChI=1S/C18H18ClN2O4S2/c1-18(2)13-8-6-10-20-14(13)11-16(27(18,24)25)12-7-5-9-15(17(12)19)21(3)26(4,22)23/h5-10H,1-4H3. The number of anilines is 1. The van der Waals surface area contributed by atoms with E-state index < -0.39 is 24.6 Å². The Hall–Kier alpha value is -1.90. The van der Waals surface area contributed by atoms with Crippen LogP contribution in [0, 0.1) is 6.08 Å². The molecule has 6 nitrogen and oxygen atoms in total. The van der Waals surface area contributed by atoms with E-state index in [2.05, 4.69) is 11.1 Å². The minimum atomic E-state index is -3.86. The Morgan fingerprint density at radius 1 is 1.19 bits per heavy atom. The summed E-state index contributed by atoms with van der Waals surface area (Å²) >= 11 is 6.44. The van der Waals surface area contributed by atoms with Gasteiger partial charge in [0.2, 0.25) is 10.0 Å². The molecule has 1 radical (unpaired) electrons. The number of fused-ring (bicyclic) bond motifs is 1. The van der Waals surface area contributed by atoms with Gasteiger partial charge in [-0.05, 0) is 31.5 Å². The number of benzene rings is 1. The highest BCUT2D eigenvalue weighted by atomic mass is 35.5. The molecule has 0 unspecified atom stereocenters. The van der Waals surface area contributed by atoms with Gasteiger partial charge < -0.3 is 0 Å². The van der Waals surface area contributed by atoms with Crippen LogP contribution < -0.4 is 4.31 Å². The van der Waals surface area contributed by atoms with Gasteiger partial charge in [0, 0.05) is 24.9 Å². The van der Waals surface area contributed by atoms with Gasteiger partial charge in [-0.1, -0.05) is 29.8 Å². The Morgan fingerprint density at radius 2 is 1.85 bits per heavy atom. The molecule has 27 heavy (non-hydrogen) atoms. The molecule has 2 aromatic rings. The zero-order valence-corrected chi connectivity index (χ0v) is 17.6. The van der Waals surface area contributed by atoms with Crippen molar-refractivity contribution in [2.45, 2.75) is 18.6 Å². The molecule has 0 aliphatic carbocycles. The van der Waals surface area contributed by atoms with Gasteiger partial charge in [-0.25, -0.2) is 16.8 Å². The second-order valence-corrected chi connectivity index (χ2v) is 11.6. The first-order valence-corrected chi connectivity index (χ1v) is 11.7. The SMILES string of the molecule is CN(c1cccc(C2=[C]c3ncccc3C(C)(C)S2(=O)=O)c1Cl)S(C)(=O)=O. The van der Waals surface area contributed by atoms with Crippen LogP contribution in [0.3, 0.4) is 0 Å². The van der Waals surface area contributed by atoms with Crippen LogP contribution in [0.4, 0.5) is 5.69 Å². The monoisotopic (exact) mass is 425 g/mol. The van der Waals surface area contributed by atoms with E-state index in [9.17, 15) is 16.8 Å². The van der Waals surface area contributed by atoms with E-state index in [0.717, 1.165) is 10.6 Å². The number of halogens is 1. The number of rotatable bonds is 3. The maximum absolute atomic E-state index is 13.3. The fourth-order valence-corrected chi connectivity index (χ4v) is 5.51. The van der Waals surface area contributed by atoms with Crippen molar-refractivity contribution in [3.8, 4) is 0 Å². The second-order valence-electron chi connectivity index (χ2n) is 6.74. The molecule has 0 N–H and O–H groups in total. The minimum Gasteiger partial charge on any atom is -0.272 e. The molecule has 3 rings (SSSR count). The zero-order chi connectivity index (χ0) is 20.2. The highest BCUT2D eigenvalue weighted by Crippen LogP contribution is 2.46. The molecular formula is C18H18ClN2O4S2. The fraction of sp³-hybridized carbons (Fsp3) is 0.278. The van der Waals surface area contributed by atoms with Crippen molar-refractivity contribution in [3.05, 3.63) is 64.4 Å². The van der Waals surface area contributed by atoms with Crippen molar-refractivity contribution in [2.75, 3.05) is 17.6 Å². The first-order valence-electron chi connectivity index (χ1n) is 7.96. The molecule has 0 bridgehead atoms. The van der Waals surface area contributed by atoms with Gasteiger partial charge in [0.1, 0.15) is 0 Å². The van der Waals surface area contributed by atoms with Crippen molar-refractivity contribution >= 4 is 42.1 Å². The van der Waals surface area contributed by atoms with E-state index in [1.807, 2.05) is 0 Å². The van der Waals surface area contributed by atoms with Gasteiger partial charge in [-0.2, -0.15) is 0 Å². The third-order valence-corrected chi connectivity index (χ3v) is 8.70. The summed E-state index contributed by atoms with van der Waals surface area (Å²) in [6.45, 7) is 3.20. The van der Waals surface area contributed by atoms with E-state index in [0.29, 0.717) is 11.3 Å². The van der Waals surface area contributed by atoms with Crippen LogP contribution in [0.15, 0.2) is 36.5 Å². The van der Waals surface area contributed by atoms with Gasteiger partial charge >= 0.3 is 0 Å². The normalized spacial score (nSPS) is 17.7. The average molecular weight is 426 g/mol. The molecule has 0 saturated heterocycles. The molecule has 1 aliphatic rings. The number of hydrogen-bond acceptors (Lipinski definition) is 5. The van der Waals surface area contributed by atoms with Crippen molar-refractivity contribution in [3.63, 3.8) is 0 Å². The van der Waals surface area contributed by atoms with Crippen molar-refractivity contribution in [1.82, 2.24) is 4.98 Å². The lowest BCUT2D eigenvalue weighted by Crippen LogP contribution is -2.34. The lowest BCUT2D eigenvalue weighted by Gasteiger charge is -2.32. The van der Waals surface area contributed by atoms with Crippen molar-refractivity contribution in [1.29, 1.82) is 0 Å². The highest BCUT2D eigenvalue weighted by molar-refractivity contribution is 8.01. The van der Waals surface area contributed by atoms with E-state index in [4.69, 9.17) is 11.6 Å². The van der Waals surface area contributed by atoms with Crippen LogP contribution >= 0.6 is 11.6 Å².